The van der Waals surface area contributed by atoms with Gasteiger partial charge >= 0.3 is 0 Å². The number of ether oxygens (including phenoxy) is 1. The van der Waals surface area contributed by atoms with Crippen LogP contribution in [0.4, 0.5) is 17.1 Å². The minimum absolute atomic E-state index is 0.715. The summed E-state index contributed by atoms with van der Waals surface area (Å²) < 4.78 is 5.82. The van der Waals surface area contributed by atoms with E-state index in [9.17, 15) is 0 Å². The van der Waals surface area contributed by atoms with Gasteiger partial charge in [0, 0.05) is 11.8 Å². The van der Waals surface area contributed by atoms with E-state index in [0.29, 0.717) is 5.69 Å². The summed E-state index contributed by atoms with van der Waals surface area (Å²) in [6.45, 7) is 0. The number of nitrogen functional groups attached to an aromatic ring is 1. The van der Waals surface area contributed by atoms with Crippen molar-refractivity contribution in [3.8, 4) is 11.5 Å². The van der Waals surface area contributed by atoms with Crippen LogP contribution in [0.25, 0.3) is 0 Å². The van der Waals surface area contributed by atoms with Crippen LogP contribution in [0, 0.1) is 0 Å². The van der Waals surface area contributed by atoms with Crippen molar-refractivity contribution in [1.82, 2.24) is 0 Å². The molecule has 0 aliphatic heterocycles. The zero-order chi connectivity index (χ0) is 14.5. The SMILES string of the molecule is Nc1ccccc1Nc1cccc(Oc2ccccc2)c1. The van der Waals surface area contributed by atoms with Gasteiger partial charge in [-0.3, -0.25) is 0 Å². The zero-order valence-electron chi connectivity index (χ0n) is 11.5. The molecule has 21 heavy (non-hydrogen) atoms. The number of para-hydroxylation sites is 3. The molecule has 3 rings (SSSR count). The zero-order valence-corrected chi connectivity index (χ0v) is 11.5. The largest absolute Gasteiger partial charge is 0.457 e. The summed E-state index contributed by atoms with van der Waals surface area (Å²) in [6, 6.07) is 25.2. The highest BCUT2D eigenvalue weighted by atomic mass is 16.5. The molecule has 0 spiro atoms. The molecule has 3 aromatic carbocycles. The van der Waals surface area contributed by atoms with E-state index in [1.54, 1.807) is 0 Å². The van der Waals surface area contributed by atoms with E-state index in [1.807, 2.05) is 78.9 Å². The highest BCUT2D eigenvalue weighted by molar-refractivity contribution is 5.72. The summed E-state index contributed by atoms with van der Waals surface area (Å²) in [5.41, 5.74) is 8.47. The topological polar surface area (TPSA) is 47.3 Å². The van der Waals surface area contributed by atoms with E-state index >= 15 is 0 Å². The Morgan fingerprint density at radius 2 is 1.43 bits per heavy atom. The lowest BCUT2D eigenvalue weighted by molar-refractivity contribution is 0.483. The molecule has 0 heterocycles. The first-order valence-corrected chi connectivity index (χ1v) is 6.76. The molecular formula is C18H16N2O. The van der Waals surface area contributed by atoms with E-state index in [-0.39, 0.29) is 0 Å². The lowest BCUT2D eigenvalue weighted by atomic mass is 10.2. The predicted molar refractivity (Wildman–Crippen MR) is 87.1 cm³/mol. The fraction of sp³-hybridized carbons (Fsp3) is 0. The number of benzene rings is 3. The van der Waals surface area contributed by atoms with Crippen molar-refractivity contribution in [2.75, 3.05) is 11.1 Å². The average molecular weight is 276 g/mol. The van der Waals surface area contributed by atoms with Gasteiger partial charge in [-0.15, -0.1) is 0 Å². The maximum atomic E-state index is 5.94. The first-order chi connectivity index (χ1) is 10.3. The Balaban J connectivity index is 1.79. The van der Waals surface area contributed by atoms with Crippen molar-refractivity contribution >= 4 is 17.1 Å². The third-order valence-electron chi connectivity index (χ3n) is 3.05. The summed E-state index contributed by atoms with van der Waals surface area (Å²) >= 11 is 0. The summed E-state index contributed by atoms with van der Waals surface area (Å²) in [5, 5.41) is 3.29. The number of nitrogens with two attached hydrogens (primary N) is 1. The molecule has 3 aromatic rings. The predicted octanol–water partition coefficient (Wildman–Crippen LogP) is 4.80. The highest BCUT2D eigenvalue weighted by Crippen LogP contribution is 2.27. The van der Waals surface area contributed by atoms with Crippen LogP contribution >= 0.6 is 0 Å². The number of rotatable bonds is 4. The summed E-state index contributed by atoms with van der Waals surface area (Å²) in [4.78, 5) is 0. The van der Waals surface area contributed by atoms with Crippen molar-refractivity contribution in [1.29, 1.82) is 0 Å². The second kappa shape index (κ2) is 6.01. The van der Waals surface area contributed by atoms with Gasteiger partial charge in [0.15, 0.2) is 0 Å². The number of nitrogens with one attached hydrogen (secondary N) is 1. The minimum atomic E-state index is 0.715. The summed E-state index contributed by atoms with van der Waals surface area (Å²) in [6.07, 6.45) is 0. The Morgan fingerprint density at radius 1 is 0.714 bits per heavy atom. The monoisotopic (exact) mass is 276 g/mol. The fourth-order valence-electron chi connectivity index (χ4n) is 2.03. The van der Waals surface area contributed by atoms with E-state index in [2.05, 4.69) is 5.32 Å². The quantitative estimate of drug-likeness (QED) is 0.672. The van der Waals surface area contributed by atoms with Crippen LogP contribution in [0.1, 0.15) is 0 Å². The minimum Gasteiger partial charge on any atom is -0.457 e. The van der Waals surface area contributed by atoms with Crippen LogP contribution in [-0.2, 0) is 0 Å². The van der Waals surface area contributed by atoms with Crippen LogP contribution in [0.15, 0.2) is 78.9 Å². The Kier molecular flexibility index (Phi) is 3.74. The van der Waals surface area contributed by atoms with Crippen LogP contribution in [-0.4, -0.2) is 0 Å². The normalized spacial score (nSPS) is 10.1. The van der Waals surface area contributed by atoms with Crippen LogP contribution < -0.4 is 15.8 Å². The van der Waals surface area contributed by atoms with Crippen molar-refractivity contribution in [2.45, 2.75) is 0 Å². The van der Waals surface area contributed by atoms with Crippen molar-refractivity contribution < 1.29 is 4.74 Å². The molecule has 0 aromatic heterocycles. The smallest absolute Gasteiger partial charge is 0.129 e. The number of hydrogen-bond donors (Lipinski definition) is 2. The average Bonchev–Trinajstić information content (AvgIpc) is 2.51. The van der Waals surface area contributed by atoms with Gasteiger partial charge < -0.3 is 15.8 Å². The highest BCUT2D eigenvalue weighted by Gasteiger charge is 2.01. The van der Waals surface area contributed by atoms with Gasteiger partial charge in [-0.25, -0.2) is 0 Å². The summed E-state index contributed by atoms with van der Waals surface area (Å²) in [7, 11) is 0. The Hall–Kier alpha value is -2.94. The summed E-state index contributed by atoms with van der Waals surface area (Å²) in [5.74, 6) is 1.59. The molecule has 0 aliphatic rings. The van der Waals surface area contributed by atoms with Crippen molar-refractivity contribution in [2.24, 2.45) is 0 Å². The molecule has 3 heteroatoms. The lowest BCUT2D eigenvalue weighted by Crippen LogP contribution is -1.95. The standard InChI is InChI=1S/C18H16N2O/c19-17-11-4-5-12-18(17)20-14-7-6-10-16(13-14)21-15-8-2-1-3-9-15/h1-13,20H,19H2. The molecule has 0 fully saturated rings. The molecule has 3 N–H and O–H groups in total. The lowest BCUT2D eigenvalue weighted by Gasteiger charge is -2.11. The maximum Gasteiger partial charge on any atom is 0.129 e. The van der Waals surface area contributed by atoms with E-state index < -0.39 is 0 Å². The molecule has 104 valence electrons. The van der Waals surface area contributed by atoms with Crippen LogP contribution in [0.3, 0.4) is 0 Å². The van der Waals surface area contributed by atoms with Crippen LogP contribution in [0.5, 0.6) is 11.5 Å². The fourth-order valence-corrected chi connectivity index (χ4v) is 2.03. The van der Waals surface area contributed by atoms with E-state index in [1.165, 1.54) is 0 Å². The van der Waals surface area contributed by atoms with E-state index in [0.717, 1.165) is 22.9 Å². The third-order valence-corrected chi connectivity index (χ3v) is 3.05. The van der Waals surface area contributed by atoms with Crippen LogP contribution in [0.2, 0.25) is 0 Å². The molecule has 0 bridgehead atoms. The molecule has 0 saturated carbocycles. The molecular weight excluding hydrogens is 260 g/mol. The van der Waals surface area contributed by atoms with Gasteiger partial charge in [0.1, 0.15) is 11.5 Å². The van der Waals surface area contributed by atoms with Gasteiger partial charge in [-0.2, -0.15) is 0 Å². The second-order valence-corrected chi connectivity index (χ2v) is 4.66. The number of hydrogen-bond acceptors (Lipinski definition) is 3. The molecule has 0 saturated heterocycles. The van der Waals surface area contributed by atoms with Crippen molar-refractivity contribution in [3.05, 3.63) is 78.9 Å². The molecule has 0 aliphatic carbocycles. The second-order valence-electron chi connectivity index (χ2n) is 4.66. The molecule has 0 unspecified atom stereocenters. The van der Waals surface area contributed by atoms with Gasteiger partial charge in [-0.1, -0.05) is 36.4 Å². The van der Waals surface area contributed by atoms with Gasteiger partial charge in [0.05, 0.1) is 11.4 Å². The Labute approximate surface area is 124 Å². The third kappa shape index (κ3) is 3.34. The molecule has 0 radical (unpaired) electrons. The number of anilines is 3. The van der Waals surface area contributed by atoms with Gasteiger partial charge in [0.25, 0.3) is 0 Å². The maximum absolute atomic E-state index is 5.94. The molecule has 3 nitrogen and oxygen atoms in total. The first-order valence-electron chi connectivity index (χ1n) is 6.76. The van der Waals surface area contributed by atoms with Crippen molar-refractivity contribution in [3.63, 3.8) is 0 Å². The molecule has 0 atom stereocenters. The van der Waals surface area contributed by atoms with Gasteiger partial charge in [0.2, 0.25) is 0 Å². The van der Waals surface area contributed by atoms with Gasteiger partial charge in [-0.05, 0) is 36.4 Å². The Morgan fingerprint density at radius 3 is 2.24 bits per heavy atom. The first kappa shape index (κ1) is 13.1. The Bertz CT molecular complexity index is 726. The molecule has 0 amide bonds. The van der Waals surface area contributed by atoms with E-state index in [4.69, 9.17) is 10.5 Å².